The zero-order valence-corrected chi connectivity index (χ0v) is 11.2. The van der Waals surface area contributed by atoms with Crippen LogP contribution in [0, 0.1) is 6.92 Å². The zero-order valence-electron chi connectivity index (χ0n) is 10.4. The summed E-state index contributed by atoms with van der Waals surface area (Å²) in [5, 5.41) is 13.7. The van der Waals surface area contributed by atoms with Crippen LogP contribution in [0.15, 0.2) is 29.4 Å². The van der Waals surface area contributed by atoms with Crippen LogP contribution < -0.4 is 0 Å². The molecule has 0 saturated heterocycles. The first-order valence-corrected chi connectivity index (χ1v) is 7.23. The van der Waals surface area contributed by atoms with Crippen molar-refractivity contribution in [3.63, 3.8) is 0 Å². The van der Waals surface area contributed by atoms with E-state index >= 15 is 0 Å². The van der Waals surface area contributed by atoms with E-state index in [0.29, 0.717) is 5.25 Å². The lowest BCUT2D eigenvalue weighted by Crippen LogP contribution is -2.02. The lowest BCUT2D eigenvalue weighted by molar-refractivity contribution is 0.752. The highest BCUT2D eigenvalue weighted by molar-refractivity contribution is 7.99. The Bertz CT molecular complexity index is 531. The Morgan fingerprint density at radius 2 is 2.11 bits per heavy atom. The van der Waals surface area contributed by atoms with Crippen LogP contribution in [0.4, 0.5) is 0 Å². The minimum absolute atomic E-state index is 0.680. The minimum atomic E-state index is 0.680. The molecule has 5 heteroatoms. The Morgan fingerprint density at radius 3 is 2.89 bits per heavy atom. The van der Waals surface area contributed by atoms with Gasteiger partial charge in [0.1, 0.15) is 0 Å². The summed E-state index contributed by atoms with van der Waals surface area (Å²) in [6.07, 6.45) is 5.24. The van der Waals surface area contributed by atoms with E-state index < -0.39 is 0 Å². The highest BCUT2D eigenvalue weighted by Crippen LogP contribution is 2.33. The molecule has 0 N–H and O–H groups in total. The summed E-state index contributed by atoms with van der Waals surface area (Å²) in [6.45, 7) is 2.08. The van der Waals surface area contributed by atoms with Gasteiger partial charge in [0.25, 0.3) is 0 Å². The fourth-order valence-electron chi connectivity index (χ4n) is 2.33. The molecule has 0 spiro atoms. The third-order valence-corrected chi connectivity index (χ3v) is 4.53. The van der Waals surface area contributed by atoms with Crippen LogP contribution in [0.1, 0.15) is 31.2 Å². The van der Waals surface area contributed by atoms with Crippen molar-refractivity contribution in [2.75, 3.05) is 0 Å². The highest BCUT2D eigenvalue weighted by Gasteiger charge is 2.20. The second kappa shape index (κ2) is 5.10. The number of rotatable bonds is 3. The summed E-state index contributed by atoms with van der Waals surface area (Å²) < 4.78 is 1.84. The van der Waals surface area contributed by atoms with Crippen LogP contribution in [0.25, 0.3) is 5.69 Å². The molecule has 94 valence electrons. The van der Waals surface area contributed by atoms with Crippen LogP contribution >= 0.6 is 11.8 Å². The van der Waals surface area contributed by atoms with E-state index in [9.17, 15) is 0 Å². The molecule has 1 aliphatic rings. The van der Waals surface area contributed by atoms with Gasteiger partial charge in [-0.25, -0.2) is 0 Å². The molecule has 0 radical (unpaired) electrons. The van der Waals surface area contributed by atoms with Crippen molar-refractivity contribution in [3.05, 3.63) is 29.8 Å². The number of hydrogen-bond donors (Lipinski definition) is 0. The van der Waals surface area contributed by atoms with Crippen molar-refractivity contribution in [2.45, 2.75) is 43.0 Å². The molecule has 1 fully saturated rings. The molecule has 1 heterocycles. The van der Waals surface area contributed by atoms with Crippen LogP contribution in [0.5, 0.6) is 0 Å². The summed E-state index contributed by atoms with van der Waals surface area (Å²) in [5.41, 5.74) is 2.26. The molecule has 3 rings (SSSR count). The third kappa shape index (κ3) is 2.41. The van der Waals surface area contributed by atoms with E-state index in [1.54, 1.807) is 0 Å². The van der Waals surface area contributed by atoms with Gasteiger partial charge < -0.3 is 0 Å². The zero-order chi connectivity index (χ0) is 12.4. The van der Waals surface area contributed by atoms with Gasteiger partial charge in [0.05, 0.1) is 5.69 Å². The predicted molar refractivity (Wildman–Crippen MR) is 72.0 cm³/mol. The first-order chi connectivity index (χ1) is 8.83. The van der Waals surface area contributed by atoms with Crippen LogP contribution in [0.2, 0.25) is 0 Å². The van der Waals surface area contributed by atoms with Gasteiger partial charge in [-0.05, 0) is 47.9 Å². The molecule has 0 atom stereocenters. The van der Waals surface area contributed by atoms with Gasteiger partial charge in [0.15, 0.2) is 0 Å². The Balaban J connectivity index is 1.86. The van der Waals surface area contributed by atoms with Crippen LogP contribution in [-0.4, -0.2) is 25.5 Å². The van der Waals surface area contributed by atoms with Gasteiger partial charge in [0.2, 0.25) is 5.16 Å². The van der Waals surface area contributed by atoms with E-state index in [1.807, 2.05) is 28.6 Å². The summed E-state index contributed by atoms with van der Waals surface area (Å²) in [7, 11) is 0. The highest BCUT2D eigenvalue weighted by atomic mass is 32.2. The summed E-state index contributed by atoms with van der Waals surface area (Å²) >= 11 is 1.81. The molecule has 1 aromatic heterocycles. The number of thioether (sulfide) groups is 1. The predicted octanol–water partition coefficient (Wildman–Crippen LogP) is 3.01. The monoisotopic (exact) mass is 260 g/mol. The van der Waals surface area contributed by atoms with E-state index in [1.165, 1.54) is 31.2 Å². The van der Waals surface area contributed by atoms with Gasteiger partial charge >= 0.3 is 0 Å². The number of tetrazole rings is 1. The Hall–Kier alpha value is -1.36. The molecule has 0 aliphatic heterocycles. The van der Waals surface area contributed by atoms with Gasteiger partial charge in [0, 0.05) is 5.25 Å². The Labute approximate surface area is 111 Å². The molecule has 4 nitrogen and oxygen atoms in total. The second-order valence-corrected chi connectivity index (χ2v) is 6.00. The average Bonchev–Trinajstić information content (AvgIpc) is 3.01. The summed E-state index contributed by atoms with van der Waals surface area (Å²) in [4.78, 5) is 0. The van der Waals surface area contributed by atoms with Gasteiger partial charge in [-0.1, -0.05) is 36.7 Å². The number of benzene rings is 1. The topological polar surface area (TPSA) is 43.6 Å². The molecule has 1 aromatic carbocycles. The molecule has 0 unspecified atom stereocenters. The largest absolute Gasteiger partial charge is 0.214 e. The molecule has 18 heavy (non-hydrogen) atoms. The minimum Gasteiger partial charge on any atom is -0.187 e. The van der Waals surface area contributed by atoms with Gasteiger partial charge in [-0.3, -0.25) is 0 Å². The van der Waals surface area contributed by atoms with Crippen LogP contribution in [-0.2, 0) is 0 Å². The van der Waals surface area contributed by atoms with E-state index in [-0.39, 0.29) is 0 Å². The number of aryl methyl sites for hydroxylation is 1. The smallest absolute Gasteiger partial charge is 0.187 e. The van der Waals surface area contributed by atoms with E-state index in [0.717, 1.165) is 10.8 Å². The van der Waals surface area contributed by atoms with Crippen molar-refractivity contribution in [2.24, 2.45) is 0 Å². The van der Waals surface area contributed by atoms with Crippen LogP contribution in [0.3, 0.4) is 0 Å². The number of aromatic nitrogens is 4. The normalized spacial score (nSPS) is 16.3. The number of hydrogen-bond acceptors (Lipinski definition) is 4. The molecule has 0 amide bonds. The fraction of sp³-hybridized carbons (Fsp3) is 0.462. The lowest BCUT2D eigenvalue weighted by atomic mass is 10.2. The molecule has 2 aromatic rings. The first-order valence-electron chi connectivity index (χ1n) is 6.35. The fourth-order valence-corrected chi connectivity index (χ4v) is 3.52. The van der Waals surface area contributed by atoms with Crippen molar-refractivity contribution in [1.82, 2.24) is 20.2 Å². The summed E-state index contributed by atoms with van der Waals surface area (Å²) in [5.74, 6) is 0. The molecule has 0 bridgehead atoms. The SMILES string of the molecule is Cc1cccc(-n2nnnc2SC2CCCC2)c1. The first kappa shape index (κ1) is 11.7. The maximum absolute atomic E-state index is 4.15. The van der Waals surface area contributed by atoms with Gasteiger partial charge in [-0.15, -0.1) is 5.10 Å². The standard InChI is InChI=1S/C13H16N4S/c1-10-5-4-6-11(9-10)17-13(14-15-16-17)18-12-7-2-3-8-12/h4-6,9,12H,2-3,7-8H2,1H3. The average molecular weight is 260 g/mol. The molecule has 1 aliphatic carbocycles. The van der Waals surface area contributed by atoms with E-state index in [4.69, 9.17) is 0 Å². The molecule has 1 saturated carbocycles. The maximum Gasteiger partial charge on any atom is 0.214 e. The molecular formula is C13H16N4S. The van der Waals surface area contributed by atoms with Crippen molar-refractivity contribution >= 4 is 11.8 Å². The third-order valence-electron chi connectivity index (χ3n) is 3.26. The lowest BCUT2D eigenvalue weighted by Gasteiger charge is -2.08. The second-order valence-electron chi connectivity index (χ2n) is 4.74. The van der Waals surface area contributed by atoms with Crippen molar-refractivity contribution in [3.8, 4) is 5.69 Å². The Kier molecular flexibility index (Phi) is 3.32. The maximum atomic E-state index is 4.15. The van der Waals surface area contributed by atoms with Crippen molar-refractivity contribution < 1.29 is 0 Å². The molecular weight excluding hydrogens is 244 g/mol. The Morgan fingerprint density at radius 1 is 1.28 bits per heavy atom. The van der Waals surface area contributed by atoms with E-state index in [2.05, 4.69) is 34.6 Å². The summed E-state index contributed by atoms with van der Waals surface area (Å²) in [6, 6.07) is 8.27. The number of nitrogens with zero attached hydrogens (tertiary/aromatic N) is 4. The van der Waals surface area contributed by atoms with Crippen molar-refractivity contribution in [1.29, 1.82) is 0 Å². The quantitative estimate of drug-likeness (QED) is 0.851. The van der Waals surface area contributed by atoms with Gasteiger partial charge in [-0.2, -0.15) is 4.68 Å².